The number of aromatic nitrogens is 2. The molecule has 3 aromatic rings. The lowest BCUT2D eigenvalue weighted by atomic mass is 9.97. The average Bonchev–Trinajstić information content (AvgIpc) is 4.01. The standard InChI is InChI=1S/C40H52N8O7/c1-23(2)32(45-38(51)54-5)36(49)47-19-7-9-30(47)34-41-21-28(43-34)26-15-11-24(12-16-26)25-13-17-27(18-14-25)29-22-42-35(44-29)31-10-8-20-48(31)37(50)33(40(3,4)53)46-39(52)55-6/h11-18,22-23,28,30-33,53H,7-10,19-21H2,1-6H3,(H,41,43)(H,42,44)(H,45,51)(H,46,52)/t28?,30-,31-,32-,33+/m0/s1. The number of rotatable bonds is 11. The first-order chi connectivity index (χ1) is 26.3. The van der Waals surface area contributed by atoms with E-state index in [0.717, 1.165) is 53.0 Å². The quantitative estimate of drug-likeness (QED) is 0.190. The van der Waals surface area contributed by atoms with Crippen molar-refractivity contribution in [2.45, 2.75) is 89.2 Å². The number of nitrogens with zero attached hydrogens (tertiary/aromatic N) is 4. The van der Waals surface area contributed by atoms with Crippen LogP contribution in [0.4, 0.5) is 9.59 Å². The second-order valence-electron chi connectivity index (χ2n) is 15.3. The molecule has 2 fully saturated rings. The lowest BCUT2D eigenvalue weighted by molar-refractivity contribution is -0.140. The third-order valence-corrected chi connectivity index (χ3v) is 10.7. The Morgan fingerprint density at radius 2 is 1.40 bits per heavy atom. The Kier molecular flexibility index (Phi) is 11.8. The summed E-state index contributed by atoms with van der Waals surface area (Å²) >= 11 is 0. The van der Waals surface area contributed by atoms with Crippen LogP contribution in [-0.4, -0.2) is 112 Å². The van der Waals surface area contributed by atoms with Crippen LogP contribution in [0.2, 0.25) is 0 Å². The molecule has 1 aromatic heterocycles. The number of aromatic amines is 1. The summed E-state index contributed by atoms with van der Waals surface area (Å²) in [5.41, 5.74) is 3.46. The van der Waals surface area contributed by atoms with Gasteiger partial charge in [0.05, 0.1) is 56.4 Å². The molecule has 0 saturated carbocycles. The van der Waals surface area contributed by atoms with Gasteiger partial charge in [0.25, 0.3) is 0 Å². The average molecular weight is 757 g/mol. The fourth-order valence-electron chi connectivity index (χ4n) is 7.64. The van der Waals surface area contributed by atoms with Gasteiger partial charge in [-0.05, 0) is 67.7 Å². The first-order valence-corrected chi connectivity index (χ1v) is 18.9. The third-order valence-electron chi connectivity index (χ3n) is 10.7. The third kappa shape index (κ3) is 8.61. The fraction of sp³-hybridized carbons (Fsp3) is 0.500. The SMILES string of the molecule is COC(=O)N[C@H](C(=O)N1CCC[C@H]1C1=NCC(c2ccc(-c3ccc(-c4cnc([C@@H]5CCCN5C(=O)[C@@H](NC(=O)OC)C(C)(C)O)[nH]4)cc3)cc2)N1)C(C)C. The summed E-state index contributed by atoms with van der Waals surface area (Å²) in [7, 11) is 2.50. The number of amides is 4. The van der Waals surface area contributed by atoms with Crippen molar-refractivity contribution < 1.29 is 33.8 Å². The molecule has 0 spiro atoms. The van der Waals surface area contributed by atoms with Crippen molar-refractivity contribution in [1.29, 1.82) is 0 Å². The van der Waals surface area contributed by atoms with Gasteiger partial charge in [-0.1, -0.05) is 62.4 Å². The van der Waals surface area contributed by atoms with Gasteiger partial charge in [-0.15, -0.1) is 0 Å². The summed E-state index contributed by atoms with van der Waals surface area (Å²) in [4.78, 5) is 67.3. The Hall–Kier alpha value is -5.44. The molecular formula is C40H52N8O7. The van der Waals surface area contributed by atoms with Gasteiger partial charge in [0.1, 0.15) is 23.7 Å². The van der Waals surface area contributed by atoms with Crippen molar-refractivity contribution in [3.05, 3.63) is 66.1 Å². The van der Waals surface area contributed by atoms with Crippen LogP contribution in [0.1, 0.15) is 76.8 Å². The zero-order chi connectivity index (χ0) is 39.4. The molecule has 0 bridgehead atoms. The van der Waals surface area contributed by atoms with Crippen LogP contribution in [0.5, 0.6) is 0 Å². The molecule has 4 heterocycles. The number of methoxy groups -OCH3 is 2. The minimum atomic E-state index is -1.51. The van der Waals surface area contributed by atoms with Crippen LogP contribution in [-0.2, 0) is 19.1 Å². The highest BCUT2D eigenvalue weighted by atomic mass is 16.5. The highest BCUT2D eigenvalue weighted by Crippen LogP contribution is 2.34. The Labute approximate surface area is 321 Å². The van der Waals surface area contributed by atoms with Crippen molar-refractivity contribution in [1.82, 2.24) is 35.7 Å². The summed E-state index contributed by atoms with van der Waals surface area (Å²) in [6.07, 6.45) is 3.47. The zero-order valence-electron chi connectivity index (χ0n) is 32.3. The maximum absolute atomic E-state index is 13.6. The minimum absolute atomic E-state index is 0.0103. The fourth-order valence-corrected chi connectivity index (χ4v) is 7.64. The second-order valence-corrected chi connectivity index (χ2v) is 15.3. The number of benzene rings is 2. The molecule has 3 aliphatic heterocycles. The lowest BCUT2D eigenvalue weighted by Crippen LogP contribution is -2.58. The van der Waals surface area contributed by atoms with Crippen LogP contribution in [0.25, 0.3) is 22.4 Å². The van der Waals surface area contributed by atoms with E-state index in [4.69, 9.17) is 9.73 Å². The van der Waals surface area contributed by atoms with Crippen molar-refractivity contribution in [2.24, 2.45) is 10.9 Å². The van der Waals surface area contributed by atoms with E-state index in [1.165, 1.54) is 28.1 Å². The van der Waals surface area contributed by atoms with E-state index < -0.39 is 35.8 Å². The predicted octanol–water partition coefficient (Wildman–Crippen LogP) is 4.32. The van der Waals surface area contributed by atoms with Gasteiger partial charge in [0.15, 0.2) is 0 Å². The Balaban J connectivity index is 1.07. The molecule has 4 amide bonds. The summed E-state index contributed by atoms with van der Waals surface area (Å²) in [5.74, 6) is 0.823. The van der Waals surface area contributed by atoms with Crippen molar-refractivity contribution in [3.8, 4) is 22.4 Å². The molecule has 15 nitrogen and oxygen atoms in total. The van der Waals surface area contributed by atoms with E-state index in [1.807, 2.05) is 30.9 Å². The van der Waals surface area contributed by atoms with E-state index in [0.29, 0.717) is 31.9 Å². The molecule has 3 aliphatic rings. The molecule has 1 unspecified atom stereocenters. The van der Waals surface area contributed by atoms with Gasteiger partial charge in [-0.2, -0.15) is 0 Å². The molecule has 6 rings (SSSR count). The van der Waals surface area contributed by atoms with E-state index in [1.54, 1.807) is 11.1 Å². The molecule has 2 saturated heterocycles. The molecule has 15 heteroatoms. The number of aliphatic hydroxyl groups is 1. The maximum atomic E-state index is 13.6. The van der Waals surface area contributed by atoms with Crippen LogP contribution in [0, 0.1) is 5.92 Å². The van der Waals surface area contributed by atoms with Crippen molar-refractivity contribution in [3.63, 3.8) is 0 Å². The first kappa shape index (κ1) is 39.3. The normalized spacial score (nSPS) is 20.8. The van der Waals surface area contributed by atoms with Crippen LogP contribution in [0.15, 0.2) is 59.7 Å². The zero-order valence-corrected chi connectivity index (χ0v) is 32.3. The highest BCUT2D eigenvalue weighted by Gasteiger charge is 2.43. The molecule has 0 aliphatic carbocycles. The highest BCUT2D eigenvalue weighted by molar-refractivity contribution is 5.95. The summed E-state index contributed by atoms with van der Waals surface area (Å²) < 4.78 is 9.44. The van der Waals surface area contributed by atoms with Gasteiger partial charge in [0.2, 0.25) is 11.8 Å². The number of hydrogen-bond donors (Lipinski definition) is 5. The maximum Gasteiger partial charge on any atom is 0.407 e. The number of alkyl carbamates (subject to hydrolysis) is 2. The Morgan fingerprint density at radius 3 is 2.00 bits per heavy atom. The Bertz CT molecular complexity index is 1890. The minimum Gasteiger partial charge on any atom is -0.453 e. The summed E-state index contributed by atoms with van der Waals surface area (Å²) in [5, 5.41) is 19.4. The molecule has 55 heavy (non-hydrogen) atoms. The number of amidine groups is 1. The Morgan fingerprint density at radius 1 is 0.836 bits per heavy atom. The largest absolute Gasteiger partial charge is 0.453 e. The van der Waals surface area contributed by atoms with Crippen molar-refractivity contribution >= 4 is 29.8 Å². The molecule has 294 valence electrons. The van der Waals surface area contributed by atoms with Gasteiger partial charge in [0, 0.05) is 13.1 Å². The van der Waals surface area contributed by atoms with Gasteiger partial charge < -0.3 is 45.3 Å². The van der Waals surface area contributed by atoms with Crippen LogP contribution in [0.3, 0.4) is 0 Å². The number of carbonyl (C=O) groups is 4. The van der Waals surface area contributed by atoms with E-state index in [-0.39, 0.29) is 30.0 Å². The first-order valence-electron chi connectivity index (χ1n) is 18.9. The number of likely N-dealkylation sites (tertiary alicyclic amines) is 2. The van der Waals surface area contributed by atoms with E-state index in [2.05, 4.69) is 67.1 Å². The van der Waals surface area contributed by atoms with Gasteiger partial charge >= 0.3 is 12.2 Å². The molecular weight excluding hydrogens is 704 g/mol. The molecule has 0 radical (unpaired) electrons. The number of ether oxygens (including phenoxy) is 2. The summed E-state index contributed by atoms with van der Waals surface area (Å²) in [6, 6.07) is 14.2. The smallest absolute Gasteiger partial charge is 0.407 e. The molecule has 5 atom stereocenters. The van der Waals surface area contributed by atoms with Crippen LogP contribution < -0.4 is 16.0 Å². The monoisotopic (exact) mass is 756 g/mol. The number of aliphatic imine (C=N–C) groups is 1. The van der Waals surface area contributed by atoms with E-state index in [9.17, 15) is 24.3 Å². The number of H-pyrrole nitrogens is 1. The number of nitrogens with one attached hydrogen (secondary N) is 4. The second kappa shape index (κ2) is 16.5. The topological polar surface area (TPSA) is 191 Å². The van der Waals surface area contributed by atoms with E-state index >= 15 is 0 Å². The van der Waals surface area contributed by atoms with Gasteiger partial charge in [-0.3, -0.25) is 14.6 Å². The molecule has 5 N–H and O–H groups in total. The lowest BCUT2D eigenvalue weighted by Gasteiger charge is -2.34. The number of imidazole rings is 1. The molecule has 2 aromatic carbocycles. The summed E-state index contributed by atoms with van der Waals surface area (Å²) in [6.45, 7) is 8.42. The number of carbonyl (C=O) groups excluding carboxylic acids is 4. The van der Waals surface area contributed by atoms with Gasteiger partial charge in [-0.25, -0.2) is 14.6 Å². The number of hydrogen-bond acceptors (Lipinski definition) is 10. The van der Waals surface area contributed by atoms with Crippen molar-refractivity contribution in [2.75, 3.05) is 33.9 Å². The predicted molar refractivity (Wildman–Crippen MR) is 206 cm³/mol. The van der Waals surface area contributed by atoms with Crippen LogP contribution >= 0.6 is 0 Å².